The van der Waals surface area contributed by atoms with Crippen molar-refractivity contribution in [3.63, 3.8) is 0 Å². The van der Waals surface area contributed by atoms with Crippen molar-refractivity contribution in [1.82, 2.24) is 19.6 Å². The van der Waals surface area contributed by atoms with Crippen LogP contribution in [0, 0.1) is 0 Å². The number of urea groups is 1. The van der Waals surface area contributed by atoms with E-state index in [4.69, 9.17) is 0 Å². The third-order valence-electron chi connectivity index (χ3n) is 3.23. The number of hydrogen-bond donors (Lipinski definition) is 2. The molecule has 7 heteroatoms. The monoisotopic (exact) mass is 297 g/mol. The molecular formula is C13H23N5OS. The van der Waals surface area contributed by atoms with Gasteiger partial charge in [0, 0.05) is 42.6 Å². The molecule has 1 aliphatic heterocycles. The van der Waals surface area contributed by atoms with Crippen LogP contribution in [-0.2, 0) is 5.41 Å². The molecule has 0 aliphatic carbocycles. The maximum Gasteiger partial charge on any atom is 0.317 e. The quantitative estimate of drug-likeness (QED) is 0.896. The number of aromatic nitrogens is 2. The maximum atomic E-state index is 11.7. The summed E-state index contributed by atoms with van der Waals surface area (Å²) >= 11 is 1.39. The van der Waals surface area contributed by atoms with Crippen molar-refractivity contribution >= 4 is 22.7 Å². The van der Waals surface area contributed by atoms with Crippen LogP contribution in [0.15, 0.2) is 0 Å². The molecule has 1 aliphatic rings. The summed E-state index contributed by atoms with van der Waals surface area (Å²) in [7, 11) is 0. The second kappa shape index (κ2) is 5.95. The highest BCUT2D eigenvalue weighted by molar-refractivity contribution is 7.09. The van der Waals surface area contributed by atoms with Gasteiger partial charge in [0.05, 0.1) is 0 Å². The van der Waals surface area contributed by atoms with E-state index in [2.05, 4.69) is 40.8 Å². The van der Waals surface area contributed by atoms with Crippen LogP contribution in [0.5, 0.6) is 0 Å². The first-order valence-corrected chi connectivity index (χ1v) is 7.81. The van der Waals surface area contributed by atoms with Crippen LogP contribution in [0.2, 0.25) is 0 Å². The normalized spacial score (nSPS) is 19.2. The minimum absolute atomic E-state index is 0.0180. The molecule has 2 N–H and O–H groups in total. The molecule has 0 saturated carbocycles. The molecule has 112 valence electrons. The van der Waals surface area contributed by atoms with E-state index in [1.54, 1.807) is 0 Å². The van der Waals surface area contributed by atoms with Crippen molar-refractivity contribution in [1.29, 1.82) is 0 Å². The van der Waals surface area contributed by atoms with Gasteiger partial charge < -0.3 is 15.5 Å². The smallest absolute Gasteiger partial charge is 0.317 e. The van der Waals surface area contributed by atoms with Crippen LogP contribution >= 0.6 is 11.5 Å². The van der Waals surface area contributed by atoms with Crippen molar-refractivity contribution in [2.24, 2.45) is 0 Å². The predicted molar refractivity (Wildman–Crippen MR) is 81.3 cm³/mol. The molecule has 1 atom stereocenters. The molecule has 20 heavy (non-hydrogen) atoms. The molecule has 0 radical (unpaired) electrons. The fourth-order valence-electron chi connectivity index (χ4n) is 2.09. The van der Waals surface area contributed by atoms with Gasteiger partial charge in [-0.2, -0.15) is 4.37 Å². The number of hydrogen-bond acceptors (Lipinski definition) is 5. The van der Waals surface area contributed by atoms with Crippen molar-refractivity contribution in [2.75, 3.05) is 25.0 Å². The SMILES string of the molecule is CCNC(=O)N1CCC(Nc2nc(C(C)(C)C)ns2)C1. The highest BCUT2D eigenvalue weighted by atomic mass is 32.1. The first-order valence-electron chi connectivity index (χ1n) is 7.03. The minimum atomic E-state index is -0.0286. The average Bonchev–Trinajstić information content (AvgIpc) is 2.98. The number of carbonyl (C=O) groups excluding carboxylic acids is 1. The van der Waals surface area contributed by atoms with Crippen LogP contribution in [0.25, 0.3) is 0 Å². The van der Waals surface area contributed by atoms with Gasteiger partial charge >= 0.3 is 6.03 Å². The Morgan fingerprint density at radius 2 is 2.25 bits per heavy atom. The van der Waals surface area contributed by atoms with E-state index in [1.165, 1.54) is 11.5 Å². The summed E-state index contributed by atoms with van der Waals surface area (Å²) in [6.07, 6.45) is 0.946. The van der Waals surface area contributed by atoms with E-state index >= 15 is 0 Å². The zero-order valence-electron chi connectivity index (χ0n) is 12.6. The number of carbonyl (C=O) groups is 1. The van der Waals surface area contributed by atoms with E-state index < -0.39 is 0 Å². The van der Waals surface area contributed by atoms with Gasteiger partial charge in [-0.3, -0.25) is 0 Å². The Labute approximate surface area is 124 Å². The molecule has 1 aromatic heterocycles. The van der Waals surface area contributed by atoms with Gasteiger partial charge in [-0.05, 0) is 13.3 Å². The Bertz CT molecular complexity index is 468. The largest absolute Gasteiger partial charge is 0.356 e. The number of amides is 2. The summed E-state index contributed by atoms with van der Waals surface area (Å²) in [6.45, 7) is 10.4. The lowest BCUT2D eigenvalue weighted by atomic mass is 9.96. The fourth-order valence-corrected chi connectivity index (χ4v) is 2.92. The van der Waals surface area contributed by atoms with E-state index in [0.717, 1.165) is 30.5 Å². The lowest BCUT2D eigenvalue weighted by molar-refractivity contribution is 0.209. The Morgan fingerprint density at radius 1 is 1.50 bits per heavy atom. The summed E-state index contributed by atoms with van der Waals surface area (Å²) in [4.78, 5) is 18.1. The maximum absolute atomic E-state index is 11.7. The summed E-state index contributed by atoms with van der Waals surface area (Å²) < 4.78 is 4.39. The van der Waals surface area contributed by atoms with E-state index in [-0.39, 0.29) is 17.5 Å². The van der Waals surface area contributed by atoms with Crippen LogP contribution in [0.4, 0.5) is 9.93 Å². The Kier molecular flexibility index (Phi) is 4.47. The molecule has 1 unspecified atom stereocenters. The van der Waals surface area contributed by atoms with Gasteiger partial charge in [0.1, 0.15) is 5.82 Å². The van der Waals surface area contributed by atoms with E-state index in [9.17, 15) is 4.79 Å². The lowest BCUT2D eigenvalue weighted by Crippen LogP contribution is -2.39. The predicted octanol–water partition coefficient (Wildman–Crippen LogP) is 2.05. The summed E-state index contributed by atoms with van der Waals surface area (Å²) in [5, 5.41) is 7.06. The van der Waals surface area contributed by atoms with Crippen LogP contribution < -0.4 is 10.6 Å². The van der Waals surface area contributed by atoms with Gasteiger partial charge in [-0.1, -0.05) is 20.8 Å². The lowest BCUT2D eigenvalue weighted by Gasteiger charge is -2.17. The van der Waals surface area contributed by atoms with Crippen molar-refractivity contribution in [3.8, 4) is 0 Å². The third-order valence-corrected chi connectivity index (χ3v) is 3.87. The van der Waals surface area contributed by atoms with Gasteiger partial charge in [-0.15, -0.1) is 0 Å². The molecule has 1 aromatic rings. The molecule has 6 nitrogen and oxygen atoms in total. The molecular weight excluding hydrogens is 274 g/mol. The van der Waals surface area contributed by atoms with E-state index in [0.29, 0.717) is 6.54 Å². The molecule has 2 amide bonds. The molecule has 0 bridgehead atoms. The second-order valence-electron chi connectivity index (χ2n) is 6.08. The van der Waals surface area contributed by atoms with Gasteiger partial charge in [0.15, 0.2) is 0 Å². The van der Waals surface area contributed by atoms with Gasteiger partial charge in [-0.25, -0.2) is 9.78 Å². The van der Waals surface area contributed by atoms with Gasteiger partial charge in [0.2, 0.25) is 5.13 Å². The molecule has 0 spiro atoms. The topological polar surface area (TPSA) is 70.2 Å². The fraction of sp³-hybridized carbons (Fsp3) is 0.769. The highest BCUT2D eigenvalue weighted by Crippen LogP contribution is 2.24. The standard InChI is InChI=1S/C13H23N5OS/c1-5-14-12(19)18-7-6-9(8-18)15-11-16-10(17-20-11)13(2,3)4/h9H,5-8H2,1-4H3,(H,14,19)(H,15,16,17). The number of anilines is 1. The summed E-state index contributed by atoms with van der Waals surface area (Å²) in [6, 6.07) is 0.280. The van der Waals surface area contributed by atoms with Crippen molar-refractivity contribution in [2.45, 2.75) is 45.6 Å². The zero-order valence-corrected chi connectivity index (χ0v) is 13.4. The van der Waals surface area contributed by atoms with E-state index in [1.807, 2.05) is 11.8 Å². The van der Waals surface area contributed by atoms with Crippen LogP contribution in [0.1, 0.15) is 39.9 Å². The average molecular weight is 297 g/mol. The van der Waals surface area contributed by atoms with Crippen LogP contribution in [-0.4, -0.2) is 46.0 Å². The summed E-state index contributed by atoms with van der Waals surface area (Å²) in [5.74, 6) is 0.864. The number of nitrogens with one attached hydrogen (secondary N) is 2. The first kappa shape index (κ1) is 15.0. The number of nitrogens with zero attached hydrogens (tertiary/aromatic N) is 3. The number of rotatable bonds is 3. The molecule has 0 aromatic carbocycles. The summed E-state index contributed by atoms with van der Waals surface area (Å²) in [5.41, 5.74) is -0.0286. The Hall–Kier alpha value is -1.37. The molecule has 1 saturated heterocycles. The van der Waals surface area contributed by atoms with Crippen molar-refractivity contribution in [3.05, 3.63) is 5.82 Å². The second-order valence-corrected chi connectivity index (χ2v) is 6.84. The minimum Gasteiger partial charge on any atom is -0.356 e. The highest BCUT2D eigenvalue weighted by Gasteiger charge is 2.27. The van der Waals surface area contributed by atoms with Gasteiger partial charge in [0.25, 0.3) is 0 Å². The molecule has 1 fully saturated rings. The van der Waals surface area contributed by atoms with Crippen LogP contribution in [0.3, 0.4) is 0 Å². The Balaban J connectivity index is 1.89. The molecule has 2 rings (SSSR count). The Morgan fingerprint density at radius 3 is 2.85 bits per heavy atom. The third kappa shape index (κ3) is 3.59. The molecule has 2 heterocycles. The zero-order chi connectivity index (χ0) is 14.8. The number of likely N-dealkylation sites (tertiary alicyclic amines) is 1. The first-order chi connectivity index (χ1) is 9.40. The van der Waals surface area contributed by atoms with Crippen molar-refractivity contribution < 1.29 is 4.79 Å².